The molecule has 0 aliphatic rings. The molecule has 13 heavy (non-hydrogen) atoms. The topological polar surface area (TPSA) is 35.2 Å². The van der Waals surface area contributed by atoms with E-state index in [0.29, 0.717) is 6.61 Å². The molecule has 0 spiro atoms. The average molecular weight is 204 g/mol. The maximum absolute atomic E-state index is 5.52. The summed E-state index contributed by atoms with van der Waals surface area (Å²) in [5.41, 5.74) is 5.52. The number of halogens is 1. The zero-order chi connectivity index (χ0) is 8.10. The second kappa shape index (κ2) is 7.90. The van der Waals surface area contributed by atoms with Gasteiger partial charge < -0.3 is 10.5 Å². The molecule has 2 nitrogen and oxygen atoms in total. The van der Waals surface area contributed by atoms with Crippen molar-refractivity contribution < 1.29 is 4.74 Å². The molecular weight excluding hydrogens is 186 g/mol. The molecule has 0 saturated carbocycles. The van der Waals surface area contributed by atoms with E-state index in [0.717, 1.165) is 5.75 Å². The van der Waals surface area contributed by atoms with Gasteiger partial charge in [0.1, 0.15) is 12.4 Å². The standard InChI is InChI=1S/C9H13NO.CH4.ClH/c1-8(10)7-11-9-5-3-2-4-6-9;;/h2-6,8H,7,10H2,1H3;1H4;1H/t8-;;/m1../s1. The predicted molar refractivity (Wildman–Crippen MR) is 59.6 cm³/mol. The van der Waals surface area contributed by atoms with Gasteiger partial charge in [-0.05, 0) is 19.1 Å². The fraction of sp³-hybridized carbons (Fsp3) is 0.400. The van der Waals surface area contributed by atoms with Crippen molar-refractivity contribution in [1.82, 2.24) is 0 Å². The molecule has 0 amide bonds. The van der Waals surface area contributed by atoms with Gasteiger partial charge >= 0.3 is 0 Å². The van der Waals surface area contributed by atoms with Crippen molar-refractivity contribution in [3.8, 4) is 5.75 Å². The largest absolute Gasteiger partial charge is 0.492 e. The van der Waals surface area contributed by atoms with Crippen LogP contribution in [0.15, 0.2) is 30.3 Å². The van der Waals surface area contributed by atoms with Crippen molar-refractivity contribution in [3.05, 3.63) is 30.3 Å². The Hall–Kier alpha value is -0.730. The molecule has 0 aliphatic heterocycles. The van der Waals surface area contributed by atoms with Crippen LogP contribution in [-0.4, -0.2) is 12.6 Å². The maximum atomic E-state index is 5.52. The number of nitrogens with two attached hydrogens (primary N) is 1. The SMILES string of the molecule is C.C[C@@H](N)COc1ccccc1.Cl. The Labute approximate surface area is 86.5 Å². The van der Waals surface area contributed by atoms with Crippen molar-refractivity contribution in [1.29, 1.82) is 0 Å². The van der Waals surface area contributed by atoms with Gasteiger partial charge in [0.25, 0.3) is 0 Å². The second-order valence-corrected chi connectivity index (χ2v) is 2.60. The van der Waals surface area contributed by atoms with E-state index in [-0.39, 0.29) is 25.9 Å². The van der Waals surface area contributed by atoms with Crippen molar-refractivity contribution in [3.63, 3.8) is 0 Å². The Morgan fingerprint density at radius 3 is 2.31 bits per heavy atom. The molecule has 1 atom stereocenters. The van der Waals surface area contributed by atoms with Gasteiger partial charge in [-0.25, -0.2) is 0 Å². The van der Waals surface area contributed by atoms with Gasteiger partial charge in [-0.3, -0.25) is 0 Å². The number of para-hydroxylation sites is 1. The van der Waals surface area contributed by atoms with Crippen LogP contribution in [0, 0.1) is 0 Å². The van der Waals surface area contributed by atoms with Gasteiger partial charge in [0.15, 0.2) is 0 Å². The minimum atomic E-state index is 0. The summed E-state index contributed by atoms with van der Waals surface area (Å²) in [4.78, 5) is 0. The summed E-state index contributed by atoms with van der Waals surface area (Å²) in [6.45, 7) is 2.49. The molecule has 2 N–H and O–H groups in total. The van der Waals surface area contributed by atoms with E-state index < -0.39 is 0 Å². The molecule has 0 aromatic heterocycles. The summed E-state index contributed by atoms with van der Waals surface area (Å²) in [6, 6.07) is 9.77. The molecule has 76 valence electrons. The Morgan fingerprint density at radius 1 is 1.31 bits per heavy atom. The van der Waals surface area contributed by atoms with E-state index in [1.54, 1.807) is 0 Å². The van der Waals surface area contributed by atoms with E-state index >= 15 is 0 Å². The minimum Gasteiger partial charge on any atom is -0.492 e. The van der Waals surface area contributed by atoms with Crippen molar-refractivity contribution >= 4 is 12.4 Å². The molecule has 0 unspecified atom stereocenters. The summed E-state index contributed by atoms with van der Waals surface area (Å²) in [5.74, 6) is 0.879. The zero-order valence-corrected chi connectivity index (χ0v) is 7.88. The van der Waals surface area contributed by atoms with E-state index in [4.69, 9.17) is 10.5 Å². The lowest BCUT2D eigenvalue weighted by Crippen LogP contribution is -2.23. The van der Waals surface area contributed by atoms with E-state index in [9.17, 15) is 0 Å². The molecule has 3 heteroatoms. The fourth-order valence-corrected chi connectivity index (χ4v) is 0.744. The van der Waals surface area contributed by atoms with Crippen LogP contribution in [0.2, 0.25) is 0 Å². The Morgan fingerprint density at radius 2 is 1.85 bits per heavy atom. The van der Waals surface area contributed by atoms with Gasteiger partial charge in [0.05, 0.1) is 0 Å². The summed E-state index contributed by atoms with van der Waals surface area (Å²) >= 11 is 0. The first-order valence-electron chi connectivity index (χ1n) is 3.72. The smallest absolute Gasteiger partial charge is 0.119 e. The summed E-state index contributed by atoms with van der Waals surface area (Å²) in [5, 5.41) is 0. The van der Waals surface area contributed by atoms with Crippen LogP contribution in [0.4, 0.5) is 0 Å². The lowest BCUT2D eigenvalue weighted by Gasteiger charge is -2.07. The van der Waals surface area contributed by atoms with Gasteiger partial charge in [0.2, 0.25) is 0 Å². The molecule has 0 fully saturated rings. The predicted octanol–water partition coefficient (Wildman–Crippen LogP) is 2.47. The Kier molecular flexibility index (Phi) is 8.97. The van der Waals surface area contributed by atoms with Crippen LogP contribution in [-0.2, 0) is 0 Å². The minimum absolute atomic E-state index is 0. The first-order valence-corrected chi connectivity index (χ1v) is 3.72. The van der Waals surface area contributed by atoms with Gasteiger partial charge in [-0.1, -0.05) is 25.6 Å². The van der Waals surface area contributed by atoms with Crippen LogP contribution >= 0.6 is 12.4 Å². The van der Waals surface area contributed by atoms with Gasteiger partial charge in [-0.15, -0.1) is 12.4 Å². The highest BCUT2D eigenvalue weighted by Crippen LogP contribution is 2.07. The van der Waals surface area contributed by atoms with Crippen LogP contribution in [0.5, 0.6) is 5.75 Å². The Balaban J connectivity index is 0. The average Bonchev–Trinajstić information content (AvgIpc) is 2.03. The first-order chi connectivity index (χ1) is 5.29. The molecule has 0 bridgehead atoms. The summed E-state index contributed by atoms with van der Waals surface area (Å²) in [6.07, 6.45) is 0. The maximum Gasteiger partial charge on any atom is 0.119 e. The number of hydrogen-bond donors (Lipinski definition) is 1. The monoisotopic (exact) mass is 203 g/mol. The van der Waals surface area contributed by atoms with Crippen molar-refractivity contribution in [2.24, 2.45) is 5.73 Å². The first kappa shape index (κ1) is 14.8. The molecule has 0 aliphatic carbocycles. The third kappa shape index (κ3) is 6.43. The summed E-state index contributed by atoms with van der Waals surface area (Å²) in [7, 11) is 0. The number of ether oxygens (including phenoxy) is 1. The lowest BCUT2D eigenvalue weighted by molar-refractivity contribution is 0.296. The highest BCUT2D eigenvalue weighted by molar-refractivity contribution is 5.85. The highest BCUT2D eigenvalue weighted by Gasteiger charge is 1.94. The zero-order valence-electron chi connectivity index (χ0n) is 7.07. The van der Waals surface area contributed by atoms with Crippen LogP contribution in [0.1, 0.15) is 14.4 Å². The third-order valence-corrected chi connectivity index (χ3v) is 1.26. The summed E-state index contributed by atoms with van der Waals surface area (Å²) < 4.78 is 5.34. The van der Waals surface area contributed by atoms with Gasteiger partial charge in [-0.2, -0.15) is 0 Å². The quantitative estimate of drug-likeness (QED) is 0.819. The van der Waals surface area contributed by atoms with Crippen LogP contribution < -0.4 is 10.5 Å². The molecule has 1 rings (SSSR count). The van der Waals surface area contributed by atoms with Crippen molar-refractivity contribution in [2.45, 2.75) is 20.4 Å². The lowest BCUT2D eigenvalue weighted by atomic mass is 10.3. The van der Waals surface area contributed by atoms with Gasteiger partial charge in [0, 0.05) is 6.04 Å². The normalized spacial score (nSPS) is 10.6. The van der Waals surface area contributed by atoms with E-state index in [2.05, 4.69) is 0 Å². The fourth-order valence-electron chi connectivity index (χ4n) is 0.744. The molecule has 0 radical (unpaired) electrons. The highest BCUT2D eigenvalue weighted by atomic mass is 35.5. The molecule has 1 aromatic rings. The number of hydrogen-bond acceptors (Lipinski definition) is 2. The number of rotatable bonds is 3. The van der Waals surface area contributed by atoms with Crippen LogP contribution in [0.25, 0.3) is 0 Å². The molecule has 1 aromatic carbocycles. The number of benzene rings is 1. The molecular formula is C10H18ClNO. The molecule has 0 saturated heterocycles. The third-order valence-electron chi connectivity index (χ3n) is 1.26. The second-order valence-electron chi connectivity index (χ2n) is 2.60. The van der Waals surface area contributed by atoms with E-state index in [1.165, 1.54) is 0 Å². The van der Waals surface area contributed by atoms with E-state index in [1.807, 2.05) is 37.3 Å². The Bertz CT molecular complexity index is 201. The van der Waals surface area contributed by atoms with Crippen molar-refractivity contribution in [2.75, 3.05) is 6.61 Å². The molecule has 0 heterocycles. The van der Waals surface area contributed by atoms with Crippen LogP contribution in [0.3, 0.4) is 0 Å².